The molecule has 0 aliphatic carbocycles. The van der Waals surface area contributed by atoms with Crippen LogP contribution in [0.15, 0.2) is 30.5 Å². The number of nitriles is 1. The van der Waals surface area contributed by atoms with Gasteiger partial charge >= 0.3 is 7.12 Å². The Morgan fingerprint density at radius 1 is 1.21 bits per heavy atom. The van der Waals surface area contributed by atoms with Crippen LogP contribution in [0.4, 0.5) is 0 Å². The lowest BCUT2D eigenvalue weighted by atomic mass is 9.78. The van der Waals surface area contributed by atoms with E-state index < -0.39 is 0 Å². The molecule has 1 fully saturated rings. The molecule has 0 atom stereocenters. The number of rotatable bonds is 6. The summed E-state index contributed by atoms with van der Waals surface area (Å²) in [4.78, 5) is 0. The highest BCUT2D eigenvalue weighted by Gasteiger charge is 2.51. The molecule has 1 saturated heterocycles. The Bertz CT molecular complexity index is 644. The van der Waals surface area contributed by atoms with Gasteiger partial charge in [0, 0.05) is 24.5 Å². The molecule has 0 aromatic heterocycles. The first kappa shape index (κ1) is 18.2. The molecule has 1 aliphatic rings. The van der Waals surface area contributed by atoms with Gasteiger partial charge in [0.2, 0.25) is 0 Å². The topological polar surface area (TPSA) is 78.1 Å². The maximum atomic E-state index is 8.53. The number of allylic oxidation sites excluding steroid dienone is 1. The molecule has 2 rings (SSSR count). The molecule has 0 radical (unpaired) electrons. The summed E-state index contributed by atoms with van der Waals surface area (Å²) in [5.74, 6) is 0. The first-order chi connectivity index (χ1) is 11.3. The largest absolute Gasteiger partial charge is 0.494 e. The van der Waals surface area contributed by atoms with Crippen LogP contribution < -0.4 is 10.8 Å². The van der Waals surface area contributed by atoms with Crippen molar-refractivity contribution >= 4 is 24.4 Å². The van der Waals surface area contributed by atoms with Crippen LogP contribution in [0, 0.1) is 16.7 Å². The number of nitrogens with one attached hydrogen (secondary N) is 2. The summed E-state index contributed by atoms with van der Waals surface area (Å²) in [6, 6.07) is 9.89. The van der Waals surface area contributed by atoms with Gasteiger partial charge in [-0.2, -0.15) is 5.26 Å². The quantitative estimate of drug-likeness (QED) is 0.478. The molecule has 1 aromatic rings. The van der Waals surface area contributed by atoms with Crippen LogP contribution in [-0.4, -0.2) is 31.1 Å². The molecule has 2 N–H and O–H groups in total. The molecular formula is C18H24BN3O2. The minimum absolute atomic E-state index is 0.360. The van der Waals surface area contributed by atoms with Crippen molar-refractivity contribution in [2.45, 2.75) is 45.3 Å². The summed E-state index contributed by atoms with van der Waals surface area (Å²) in [6.07, 6.45) is 3.49. The Balaban J connectivity index is 2.11. The van der Waals surface area contributed by atoms with Crippen LogP contribution in [0.2, 0.25) is 0 Å². The molecule has 5 nitrogen and oxygen atoms in total. The van der Waals surface area contributed by atoms with Gasteiger partial charge in [0.1, 0.15) is 0 Å². The molecular weight excluding hydrogens is 301 g/mol. The third-order valence-electron chi connectivity index (χ3n) is 4.56. The maximum absolute atomic E-state index is 8.53. The number of hydrogen-bond donors (Lipinski definition) is 2. The highest BCUT2D eigenvalue weighted by Crippen LogP contribution is 2.36. The Labute approximate surface area is 144 Å². The molecule has 1 aliphatic heterocycles. The zero-order valence-electron chi connectivity index (χ0n) is 14.7. The SMILES string of the molecule is CC1(C)OB(c2ccc(/C(C=N)=C/NCCC#N)cc2)OC1(C)C. The monoisotopic (exact) mass is 325 g/mol. The number of benzene rings is 1. The van der Waals surface area contributed by atoms with Crippen molar-refractivity contribution in [3.63, 3.8) is 0 Å². The smallest absolute Gasteiger partial charge is 0.399 e. The fourth-order valence-electron chi connectivity index (χ4n) is 2.33. The summed E-state index contributed by atoms with van der Waals surface area (Å²) >= 11 is 0. The van der Waals surface area contributed by atoms with Crippen molar-refractivity contribution in [3.05, 3.63) is 36.0 Å². The highest BCUT2D eigenvalue weighted by atomic mass is 16.7. The normalized spacial score (nSPS) is 19.0. The van der Waals surface area contributed by atoms with Gasteiger partial charge in [0.05, 0.1) is 23.7 Å². The fraction of sp³-hybridized carbons (Fsp3) is 0.444. The van der Waals surface area contributed by atoms with Crippen molar-refractivity contribution in [1.29, 1.82) is 10.7 Å². The van der Waals surface area contributed by atoms with Crippen LogP contribution in [-0.2, 0) is 9.31 Å². The third kappa shape index (κ3) is 3.86. The van der Waals surface area contributed by atoms with Gasteiger partial charge in [-0.1, -0.05) is 24.3 Å². The predicted octanol–water partition coefficient (Wildman–Crippen LogP) is 2.48. The molecule has 0 spiro atoms. The Hall–Kier alpha value is -2.10. The minimum Gasteiger partial charge on any atom is -0.399 e. The van der Waals surface area contributed by atoms with Crippen LogP contribution in [0.1, 0.15) is 39.7 Å². The van der Waals surface area contributed by atoms with Crippen molar-refractivity contribution in [1.82, 2.24) is 5.32 Å². The van der Waals surface area contributed by atoms with Crippen LogP contribution >= 0.6 is 0 Å². The Kier molecular flexibility index (Phi) is 5.48. The lowest BCUT2D eigenvalue weighted by molar-refractivity contribution is 0.00578. The lowest BCUT2D eigenvalue weighted by Gasteiger charge is -2.32. The van der Waals surface area contributed by atoms with Crippen molar-refractivity contribution in [3.8, 4) is 6.07 Å². The van der Waals surface area contributed by atoms with Crippen LogP contribution in [0.3, 0.4) is 0 Å². The summed E-state index contributed by atoms with van der Waals surface area (Å²) in [6.45, 7) is 8.70. The second kappa shape index (κ2) is 7.21. The molecule has 6 heteroatoms. The van der Waals surface area contributed by atoms with Gasteiger partial charge in [0.15, 0.2) is 0 Å². The number of nitrogens with zero attached hydrogens (tertiary/aromatic N) is 1. The van der Waals surface area contributed by atoms with Crippen molar-refractivity contribution in [2.75, 3.05) is 6.54 Å². The Morgan fingerprint density at radius 2 is 1.79 bits per heavy atom. The first-order valence-electron chi connectivity index (χ1n) is 8.08. The van der Waals surface area contributed by atoms with E-state index in [-0.39, 0.29) is 18.3 Å². The lowest BCUT2D eigenvalue weighted by Crippen LogP contribution is -2.41. The summed E-state index contributed by atoms with van der Waals surface area (Å²) in [5, 5.41) is 19.1. The van der Waals surface area contributed by atoms with Crippen LogP contribution in [0.25, 0.3) is 5.57 Å². The van der Waals surface area contributed by atoms with Gasteiger partial charge < -0.3 is 20.0 Å². The average Bonchev–Trinajstić information content (AvgIpc) is 2.76. The molecule has 0 saturated carbocycles. The zero-order valence-corrected chi connectivity index (χ0v) is 14.7. The van der Waals surface area contributed by atoms with Gasteiger partial charge in [-0.3, -0.25) is 0 Å². The van der Waals surface area contributed by atoms with Gasteiger partial charge in [0.25, 0.3) is 0 Å². The minimum atomic E-state index is -0.384. The van der Waals surface area contributed by atoms with E-state index >= 15 is 0 Å². The van der Waals surface area contributed by atoms with Gasteiger partial charge in [-0.05, 0) is 38.7 Å². The Morgan fingerprint density at radius 3 is 2.29 bits per heavy atom. The summed E-state index contributed by atoms with van der Waals surface area (Å²) in [5.41, 5.74) is 1.92. The molecule has 1 heterocycles. The van der Waals surface area contributed by atoms with Gasteiger partial charge in [-0.15, -0.1) is 0 Å². The van der Waals surface area contributed by atoms with E-state index in [9.17, 15) is 0 Å². The molecule has 1 aromatic carbocycles. The van der Waals surface area contributed by atoms with E-state index in [0.717, 1.165) is 16.6 Å². The van der Waals surface area contributed by atoms with E-state index in [0.29, 0.717) is 13.0 Å². The van der Waals surface area contributed by atoms with E-state index in [1.54, 1.807) is 6.20 Å². The number of hydrogen-bond acceptors (Lipinski definition) is 5. The predicted molar refractivity (Wildman–Crippen MR) is 97.2 cm³/mol. The highest BCUT2D eigenvalue weighted by molar-refractivity contribution is 6.62. The second-order valence-corrected chi connectivity index (χ2v) is 6.82. The van der Waals surface area contributed by atoms with Crippen LogP contribution in [0.5, 0.6) is 0 Å². The second-order valence-electron chi connectivity index (χ2n) is 6.82. The third-order valence-corrected chi connectivity index (χ3v) is 4.56. The van der Waals surface area contributed by atoms with Crippen molar-refractivity contribution in [2.24, 2.45) is 0 Å². The molecule has 24 heavy (non-hydrogen) atoms. The summed E-state index contributed by atoms with van der Waals surface area (Å²) in [7, 11) is -0.384. The van der Waals surface area contributed by atoms with E-state index in [2.05, 4.69) is 11.4 Å². The summed E-state index contributed by atoms with van der Waals surface area (Å²) < 4.78 is 12.1. The average molecular weight is 325 g/mol. The molecule has 126 valence electrons. The maximum Gasteiger partial charge on any atom is 0.494 e. The zero-order chi connectivity index (χ0) is 17.8. The standard InChI is InChI=1S/C18H24BN3O2/c1-17(2)18(3,4)24-19(23-17)16-8-6-14(7-9-16)15(12-21)13-22-11-5-10-20/h6-9,12-13,21-22H,5,11H2,1-4H3/b15-13+,21-12?. The van der Waals surface area contributed by atoms with E-state index in [1.165, 1.54) is 6.21 Å². The first-order valence-corrected chi connectivity index (χ1v) is 8.08. The molecule has 0 bridgehead atoms. The molecule has 0 unspecified atom stereocenters. The fourth-order valence-corrected chi connectivity index (χ4v) is 2.33. The van der Waals surface area contributed by atoms with Crippen molar-refractivity contribution < 1.29 is 9.31 Å². The van der Waals surface area contributed by atoms with E-state index in [1.807, 2.05) is 52.0 Å². The molecule has 0 amide bonds. The van der Waals surface area contributed by atoms with Gasteiger partial charge in [-0.25, -0.2) is 0 Å². The van der Waals surface area contributed by atoms with E-state index in [4.69, 9.17) is 20.0 Å².